The first kappa shape index (κ1) is 9.09. The average Bonchev–Trinajstić information content (AvgIpc) is 1.85. The van der Waals surface area contributed by atoms with E-state index >= 15 is 0 Å². The quantitative estimate of drug-likeness (QED) is 0.540. The smallest absolute Gasteiger partial charge is 0.0362 e. The summed E-state index contributed by atoms with van der Waals surface area (Å²) in [4.78, 5) is 0. The molecule has 1 aliphatic carbocycles. The minimum atomic E-state index is 0.721. The molecule has 0 N–H and O–H groups in total. The zero-order valence-corrected chi connectivity index (χ0v) is 8.14. The van der Waals surface area contributed by atoms with E-state index in [0.717, 1.165) is 23.7 Å². The average molecular weight is 153 g/mol. The molecular formula is C11H21. The summed E-state index contributed by atoms with van der Waals surface area (Å²) < 4.78 is 0. The summed E-state index contributed by atoms with van der Waals surface area (Å²) >= 11 is 0. The number of rotatable bonds is 1. The van der Waals surface area contributed by atoms with Gasteiger partial charge in [-0.3, -0.25) is 0 Å². The van der Waals surface area contributed by atoms with Gasteiger partial charge in [-0.25, -0.2) is 0 Å². The summed E-state index contributed by atoms with van der Waals surface area (Å²) in [5.74, 6) is 3.38. The van der Waals surface area contributed by atoms with Crippen molar-refractivity contribution in [1.29, 1.82) is 0 Å². The summed E-state index contributed by atoms with van der Waals surface area (Å²) in [5, 5.41) is 0. The lowest BCUT2D eigenvalue weighted by atomic mass is 9.71. The predicted molar refractivity (Wildman–Crippen MR) is 50.2 cm³/mol. The Morgan fingerprint density at radius 2 is 1.91 bits per heavy atom. The van der Waals surface area contributed by atoms with Gasteiger partial charge in [-0.1, -0.05) is 27.2 Å². The SMILES string of the molecule is [CH2][C@@H]1C[C@H](C)CC[C@H]1C(C)C. The lowest BCUT2D eigenvalue weighted by molar-refractivity contribution is 0.177. The first-order valence-corrected chi connectivity index (χ1v) is 4.94. The van der Waals surface area contributed by atoms with Gasteiger partial charge in [0.15, 0.2) is 0 Å². The first-order valence-electron chi connectivity index (χ1n) is 4.94. The van der Waals surface area contributed by atoms with Crippen LogP contribution in [-0.4, -0.2) is 0 Å². The van der Waals surface area contributed by atoms with Gasteiger partial charge >= 0.3 is 0 Å². The third kappa shape index (κ3) is 2.21. The molecule has 0 unspecified atom stereocenters. The van der Waals surface area contributed by atoms with Crippen LogP contribution in [0.3, 0.4) is 0 Å². The second kappa shape index (κ2) is 3.60. The minimum absolute atomic E-state index is 0.721. The van der Waals surface area contributed by atoms with Gasteiger partial charge in [0.2, 0.25) is 0 Å². The maximum Gasteiger partial charge on any atom is -0.0362 e. The lowest BCUT2D eigenvalue weighted by Gasteiger charge is -2.35. The van der Waals surface area contributed by atoms with Crippen molar-refractivity contribution < 1.29 is 0 Å². The normalized spacial score (nSPS) is 39.5. The molecule has 11 heavy (non-hydrogen) atoms. The Kier molecular flexibility index (Phi) is 2.98. The molecule has 65 valence electrons. The van der Waals surface area contributed by atoms with Gasteiger partial charge in [0.05, 0.1) is 0 Å². The van der Waals surface area contributed by atoms with Gasteiger partial charge < -0.3 is 0 Å². The monoisotopic (exact) mass is 153 g/mol. The molecule has 1 rings (SSSR count). The molecule has 0 heteroatoms. The summed E-state index contributed by atoms with van der Waals surface area (Å²) in [6.07, 6.45) is 4.19. The molecule has 0 heterocycles. The Hall–Kier alpha value is 0. The molecule has 1 radical (unpaired) electrons. The molecular weight excluding hydrogens is 132 g/mol. The molecule has 0 aromatic rings. The van der Waals surface area contributed by atoms with Gasteiger partial charge in [-0.15, -0.1) is 0 Å². The van der Waals surface area contributed by atoms with Crippen LogP contribution in [0.15, 0.2) is 0 Å². The van der Waals surface area contributed by atoms with Crippen molar-refractivity contribution in [3.63, 3.8) is 0 Å². The van der Waals surface area contributed by atoms with Crippen molar-refractivity contribution in [2.75, 3.05) is 0 Å². The molecule has 3 atom stereocenters. The maximum absolute atomic E-state index is 4.25. The summed E-state index contributed by atoms with van der Waals surface area (Å²) in [6.45, 7) is 11.3. The van der Waals surface area contributed by atoms with Gasteiger partial charge in [0.25, 0.3) is 0 Å². The molecule has 0 aromatic heterocycles. The molecule has 0 amide bonds. The van der Waals surface area contributed by atoms with Gasteiger partial charge in [-0.05, 0) is 43.4 Å². The van der Waals surface area contributed by atoms with Crippen molar-refractivity contribution in [2.45, 2.75) is 40.0 Å². The molecule has 0 bridgehead atoms. The molecule has 1 aliphatic rings. The molecule has 1 saturated carbocycles. The van der Waals surface area contributed by atoms with E-state index in [9.17, 15) is 0 Å². The van der Waals surface area contributed by atoms with Crippen molar-refractivity contribution in [3.8, 4) is 0 Å². The zero-order valence-electron chi connectivity index (χ0n) is 8.14. The van der Waals surface area contributed by atoms with Crippen LogP contribution in [0.4, 0.5) is 0 Å². The number of hydrogen-bond donors (Lipinski definition) is 0. The van der Waals surface area contributed by atoms with Gasteiger partial charge in [0, 0.05) is 0 Å². The Labute approximate surface area is 71.4 Å². The highest BCUT2D eigenvalue weighted by Crippen LogP contribution is 2.37. The molecule has 0 saturated heterocycles. The highest BCUT2D eigenvalue weighted by atomic mass is 14.3. The molecule has 0 spiro atoms. The third-order valence-corrected chi connectivity index (χ3v) is 3.16. The molecule has 0 nitrogen and oxygen atoms in total. The third-order valence-electron chi connectivity index (χ3n) is 3.16. The Morgan fingerprint density at radius 1 is 1.27 bits per heavy atom. The molecule has 0 aromatic carbocycles. The minimum Gasteiger partial charge on any atom is -0.0625 e. The van der Waals surface area contributed by atoms with Crippen LogP contribution in [0.2, 0.25) is 0 Å². The van der Waals surface area contributed by atoms with Crippen LogP contribution >= 0.6 is 0 Å². The van der Waals surface area contributed by atoms with Crippen molar-refractivity contribution in [2.24, 2.45) is 23.7 Å². The highest BCUT2D eigenvalue weighted by molar-refractivity contribution is 4.81. The van der Waals surface area contributed by atoms with Crippen LogP contribution in [-0.2, 0) is 0 Å². The van der Waals surface area contributed by atoms with E-state index in [0.29, 0.717) is 0 Å². The summed E-state index contributed by atoms with van der Waals surface area (Å²) in [6, 6.07) is 0. The van der Waals surface area contributed by atoms with Crippen molar-refractivity contribution >= 4 is 0 Å². The fourth-order valence-electron chi connectivity index (χ4n) is 2.40. The maximum atomic E-state index is 4.25. The lowest BCUT2D eigenvalue weighted by Crippen LogP contribution is -2.25. The fourth-order valence-corrected chi connectivity index (χ4v) is 2.40. The van der Waals surface area contributed by atoms with Crippen LogP contribution in [0, 0.1) is 30.6 Å². The topological polar surface area (TPSA) is 0 Å². The van der Waals surface area contributed by atoms with Crippen LogP contribution in [0.1, 0.15) is 40.0 Å². The fraction of sp³-hybridized carbons (Fsp3) is 0.909. The van der Waals surface area contributed by atoms with E-state index in [1.807, 2.05) is 0 Å². The molecule has 0 aliphatic heterocycles. The number of hydrogen-bond acceptors (Lipinski definition) is 0. The van der Waals surface area contributed by atoms with Crippen LogP contribution < -0.4 is 0 Å². The van der Waals surface area contributed by atoms with E-state index < -0.39 is 0 Å². The van der Waals surface area contributed by atoms with Crippen molar-refractivity contribution in [1.82, 2.24) is 0 Å². The van der Waals surface area contributed by atoms with Gasteiger partial charge in [0.1, 0.15) is 0 Å². The summed E-state index contributed by atoms with van der Waals surface area (Å²) in [7, 11) is 0. The Morgan fingerprint density at radius 3 is 2.36 bits per heavy atom. The summed E-state index contributed by atoms with van der Waals surface area (Å²) in [5.41, 5.74) is 0. The molecule has 1 fully saturated rings. The second-order valence-electron chi connectivity index (χ2n) is 4.59. The van der Waals surface area contributed by atoms with E-state index in [1.54, 1.807) is 0 Å². The standard InChI is InChI=1S/C11H21/c1-8(2)11-6-5-9(3)7-10(11)4/h8-11H,4-7H2,1-3H3/t9-,10-,11+/m1/s1. The first-order chi connectivity index (χ1) is 5.11. The Bertz CT molecular complexity index is 115. The Balaban J connectivity index is 2.44. The van der Waals surface area contributed by atoms with Gasteiger partial charge in [-0.2, -0.15) is 0 Å². The van der Waals surface area contributed by atoms with E-state index in [2.05, 4.69) is 27.7 Å². The van der Waals surface area contributed by atoms with Crippen LogP contribution in [0.5, 0.6) is 0 Å². The largest absolute Gasteiger partial charge is 0.0625 e. The van der Waals surface area contributed by atoms with E-state index in [-0.39, 0.29) is 0 Å². The predicted octanol–water partition coefficient (Wildman–Crippen LogP) is 3.53. The van der Waals surface area contributed by atoms with Crippen LogP contribution in [0.25, 0.3) is 0 Å². The van der Waals surface area contributed by atoms with Crippen molar-refractivity contribution in [3.05, 3.63) is 6.92 Å². The zero-order chi connectivity index (χ0) is 8.43. The van der Waals surface area contributed by atoms with E-state index in [4.69, 9.17) is 0 Å². The highest BCUT2D eigenvalue weighted by Gasteiger charge is 2.26. The second-order valence-corrected chi connectivity index (χ2v) is 4.59. The van der Waals surface area contributed by atoms with E-state index in [1.165, 1.54) is 19.3 Å².